The third kappa shape index (κ3) is 4.40. The van der Waals surface area contributed by atoms with Crippen molar-refractivity contribution in [3.05, 3.63) is 158 Å². The minimum Gasteiger partial charge on any atom is -0.456 e. The molecule has 0 aliphatic carbocycles. The largest absolute Gasteiger partial charge is 0.456 e. The van der Waals surface area contributed by atoms with E-state index in [9.17, 15) is 0 Å². The van der Waals surface area contributed by atoms with Crippen LogP contribution in [0, 0.1) is 0 Å². The molecule has 0 aliphatic heterocycles. The standard InChI is InChI=1S/C43H26N2O2S/c1-3-9-28(10-4-1)43-44-37-25-36-35-23-29(17-22-41(35)48-42(36)26-40(37)47-43)27-15-18-31(19-16-27)45(30-11-5-2-6-12-30)32-20-21-34-33-13-7-8-14-38(33)46-39(34)24-32/h1-26H. The van der Waals surface area contributed by atoms with Crippen LogP contribution in [0.25, 0.3) is 75.8 Å². The summed E-state index contributed by atoms with van der Waals surface area (Å²) >= 11 is 1.79. The van der Waals surface area contributed by atoms with Gasteiger partial charge in [0.05, 0.1) is 0 Å². The smallest absolute Gasteiger partial charge is 0.227 e. The van der Waals surface area contributed by atoms with Gasteiger partial charge in [-0.3, -0.25) is 0 Å². The van der Waals surface area contributed by atoms with E-state index >= 15 is 0 Å². The first-order chi connectivity index (χ1) is 23.7. The minimum absolute atomic E-state index is 0.649. The van der Waals surface area contributed by atoms with E-state index in [1.807, 2.05) is 48.5 Å². The first-order valence-electron chi connectivity index (χ1n) is 15.9. The zero-order valence-electron chi connectivity index (χ0n) is 25.6. The van der Waals surface area contributed by atoms with Gasteiger partial charge in [0, 0.05) is 65.7 Å². The van der Waals surface area contributed by atoms with E-state index in [0.29, 0.717) is 5.89 Å². The Morgan fingerprint density at radius 1 is 0.417 bits per heavy atom. The molecule has 3 heterocycles. The summed E-state index contributed by atoms with van der Waals surface area (Å²) in [5.41, 5.74) is 9.98. The van der Waals surface area contributed by atoms with Gasteiger partial charge in [0.2, 0.25) is 5.89 Å². The fourth-order valence-electron chi connectivity index (χ4n) is 6.76. The number of aromatic nitrogens is 1. The van der Waals surface area contributed by atoms with Crippen LogP contribution >= 0.6 is 11.3 Å². The molecular weight excluding hydrogens is 609 g/mol. The number of anilines is 3. The Morgan fingerprint density at radius 2 is 1.10 bits per heavy atom. The molecule has 0 radical (unpaired) electrons. The normalized spacial score (nSPS) is 11.8. The van der Waals surface area contributed by atoms with Crippen LogP contribution in [-0.2, 0) is 0 Å². The highest BCUT2D eigenvalue weighted by molar-refractivity contribution is 7.25. The van der Waals surface area contributed by atoms with E-state index < -0.39 is 0 Å². The van der Waals surface area contributed by atoms with Crippen molar-refractivity contribution >= 4 is 81.6 Å². The van der Waals surface area contributed by atoms with Gasteiger partial charge in [0.1, 0.15) is 16.7 Å². The highest BCUT2D eigenvalue weighted by Gasteiger charge is 2.17. The number of para-hydroxylation sites is 2. The predicted molar refractivity (Wildman–Crippen MR) is 200 cm³/mol. The lowest BCUT2D eigenvalue weighted by molar-refractivity contribution is 0.620. The van der Waals surface area contributed by atoms with Gasteiger partial charge in [-0.15, -0.1) is 11.3 Å². The van der Waals surface area contributed by atoms with Gasteiger partial charge in [-0.05, 0) is 83.9 Å². The number of thiophene rings is 1. The van der Waals surface area contributed by atoms with Gasteiger partial charge in [-0.1, -0.05) is 72.8 Å². The number of fused-ring (bicyclic) bond motifs is 7. The molecule has 0 aliphatic rings. The third-order valence-corrected chi connectivity index (χ3v) is 10.2. The van der Waals surface area contributed by atoms with Crippen LogP contribution in [0.15, 0.2) is 167 Å². The molecule has 0 bridgehead atoms. The van der Waals surface area contributed by atoms with Crippen LogP contribution in [0.4, 0.5) is 17.1 Å². The third-order valence-electron chi connectivity index (χ3n) is 9.09. The second-order valence-electron chi connectivity index (χ2n) is 12.0. The average molecular weight is 635 g/mol. The molecule has 7 aromatic carbocycles. The molecule has 48 heavy (non-hydrogen) atoms. The monoisotopic (exact) mass is 634 g/mol. The van der Waals surface area contributed by atoms with Crippen LogP contribution in [0.2, 0.25) is 0 Å². The molecule has 0 saturated heterocycles. The fraction of sp³-hybridized carbons (Fsp3) is 0. The lowest BCUT2D eigenvalue weighted by Crippen LogP contribution is -2.09. The molecule has 10 rings (SSSR count). The van der Waals surface area contributed by atoms with Crippen molar-refractivity contribution in [3.8, 4) is 22.6 Å². The molecule has 0 atom stereocenters. The van der Waals surface area contributed by atoms with Crippen LogP contribution in [-0.4, -0.2) is 4.98 Å². The molecule has 4 nitrogen and oxygen atoms in total. The number of oxazole rings is 1. The number of rotatable bonds is 5. The van der Waals surface area contributed by atoms with Crippen molar-refractivity contribution in [3.63, 3.8) is 0 Å². The second kappa shape index (κ2) is 10.7. The zero-order chi connectivity index (χ0) is 31.6. The maximum absolute atomic E-state index is 6.26. The van der Waals surface area contributed by atoms with Crippen molar-refractivity contribution in [2.45, 2.75) is 0 Å². The quantitative estimate of drug-likeness (QED) is 0.189. The molecule has 0 N–H and O–H groups in total. The zero-order valence-corrected chi connectivity index (χ0v) is 26.4. The van der Waals surface area contributed by atoms with E-state index in [1.165, 1.54) is 25.7 Å². The van der Waals surface area contributed by atoms with E-state index in [0.717, 1.165) is 61.2 Å². The molecular formula is C43H26N2O2S. The fourth-order valence-corrected chi connectivity index (χ4v) is 7.86. The summed E-state index contributed by atoms with van der Waals surface area (Å²) in [6.45, 7) is 0. The Kier molecular flexibility index (Phi) is 6.01. The van der Waals surface area contributed by atoms with Gasteiger partial charge < -0.3 is 13.7 Å². The molecule has 0 fully saturated rings. The van der Waals surface area contributed by atoms with Crippen LogP contribution in [0.1, 0.15) is 0 Å². The summed E-state index contributed by atoms with van der Waals surface area (Å²) in [5.74, 6) is 0.649. The highest BCUT2D eigenvalue weighted by Crippen LogP contribution is 2.41. The lowest BCUT2D eigenvalue weighted by Gasteiger charge is -2.25. The minimum atomic E-state index is 0.649. The van der Waals surface area contributed by atoms with Crippen molar-refractivity contribution in [1.29, 1.82) is 0 Å². The van der Waals surface area contributed by atoms with Crippen LogP contribution in [0.3, 0.4) is 0 Å². The van der Waals surface area contributed by atoms with Crippen molar-refractivity contribution < 1.29 is 8.83 Å². The topological polar surface area (TPSA) is 42.4 Å². The van der Waals surface area contributed by atoms with E-state index in [-0.39, 0.29) is 0 Å². The van der Waals surface area contributed by atoms with E-state index in [4.69, 9.17) is 13.8 Å². The van der Waals surface area contributed by atoms with Gasteiger partial charge in [-0.25, -0.2) is 4.98 Å². The predicted octanol–water partition coefficient (Wildman–Crippen LogP) is 12.9. The molecule has 0 unspecified atom stereocenters. The van der Waals surface area contributed by atoms with Crippen molar-refractivity contribution in [2.24, 2.45) is 0 Å². The maximum atomic E-state index is 6.26. The molecule has 3 aromatic heterocycles. The molecule has 10 aromatic rings. The molecule has 226 valence electrons. The summed E-state index contributed by atoms with van der Waals surface area (Å²) in [4.78, 5) is 7.11. The van der Waals surface area contributed by atoms with E-state index in [2.05, 4.69) is 114 Å². The summed E-state index contributed by atoms with van der Waals surface area (Å²) < 4.78 is 14.9. The number of benzene rings is 7. The summed E-state index contributed by atoms with van der Waals surface area (Å²) in [7, 11) is 0. The number of furan rings is 1. The Balaban J connectivity index is 1.03. The first kappa shape index (κ1) is 27.0. The van der Waals surface area contributed by atoms with Gasteiger partial charge in [-0.2, -0.15) is 0 Å². The first-order valence-corrected chi connectivity index (χ1v) is 16.8. The summed E-state index contributed by atoms with van der Waals surface area (Å²) in [6.07, 6.45) is 0. The lowest BCUT2D eigenvalue weighted by atomic mass is 10.0. The van der Waals surface area contributed by atoms with Crippen molar-refractivity contribution in [1.82, 2.24) is 4.98 Å². The number of hydrogen-bond acceptors (Lipinski definition) is 5. The van der Waals surface area contributed by atoms with Crippen LogP contribution in [0.5, 0.6) is 0 Å². The summed E-state index contributed by atoms with van der Waals surface area (Å²) in [6, 6.07) is 55.1. The molecule has 0 amide bonds. The van der Waals surface area contributed by atoms with Gasteiger partial charge in [0.25, 0.3) is 0 Å². The molecule has 5 heteroatoms. The Hall–Kier alpha value is -6.17. The van der Waals surface area contributed by atoms with E-state index in [1.54, 1.807) is 11.3 Å². The number of hydrogen-bond donors (Lipinski definition) is 0. The Morgan fingerprint density at radius 3 is 1.96 bits per heavy atom. The Labute approximate surface area is 279 Å². The Bertz CT molecular complexity index is 2780. The van der Waals surface area contributed by atoms with Gasteiger partial charge in [0.15, 0.2) is 5.58 Å². The second-order valence-corrected chi connectivity index (χ2v) is 13.1. The number of nitrogens with zero attached hydrogens (tertiary/aromatic N) is 2. The maximum Gasteiger partial charge on any atom is 0.227 e. The van der Waals surface area contributed by atoms with Crippen LogP contribution < -0.4 is 4.90 Å². The molecule has 0 spiro atoms. The average Bonchev–Trinajstić information content (AvgIpc) is 3.84. The summed E-state index contributed by atoms with van der Waals surface area (Å²) in [5, 5.41) is 4.68. The highest BCUT2D eigenvalue weighted by atomic mass is 32.1. The van der Waals surface area contributed by atoms with Gasteiger partial charge >= 0.3 is 0 Å². The molecule has 0 saturated carbocycles. The van der Waals surface area contributed by atoms with Crippen molar-refractivity contribution in [2.75, 3.05) is 4.90 Å². The SMILES string of the molecule is c1ccc(-c2nc3cc4c(cc3o2)sc2ccc(-c3ccc(N(c5ccccc5)c5ccc6c(c5)oc5ccccc56)cc3)cc24)cc1.